The third kappa shape index (κ3) is 5.30. The van der Waals surface area contributed by atoms with Gasteiger partial charge in [0, 0.05) is 6.42 Å². The molecule has 1 aliphatic carbocycles. The van der Waals surface area contributed by atoms with Gasteiger partial charge in [0.1, 0.15) is 11.8 Å². The third-order valence-corrected chi connectivity index (χ3v) is 3.47. The molecule has 0 spiro atoms. The second kappa shape index (κ2) is 7.09. The van der Waals surface area contributed by atoms with E-state index in [0.717, 1.165) is 5.56 Å². The van der Waals surface area contributed by atoms with Gasteiger partial charge >= 0.3 is 6.09 Å². The quantitative estimate of drug-likeness (QED) is 0.924. The SMILES string of the molecule is CC(C)(C)OC(=O)N[C@@H]1C[C@H](OCc2ccccc2)C[C@H]1F. The molecule has 0 heterocycles. The van der Waals surface area contributed by atoms with Crippen molar-refractivity contribution in [1.29, 1.82) is 0 Å². The molecule has 0 unspecified atom stereocenters. The molecule has 1 aromatic carbocycles. The number of nitrogens with one attached hydrogen (secondary N) is 1. The molecule has 22 heavy (non-hydrogen) atoms. The lowest BCUT2D eigenvalue weighted by Crippen LogP contribution is -2.41. The standard InChI is InChI=1S/C17H24FNO3/c1-17(2,3)22-16(20)19-15-10-13(9-14(15)18)21-11-12-7-5-4-6-8-12/h4-8,13-15H,9-11H2,1-3H3,(H,19,20)/t13-,14-,15-/m1/s1. The van der Waals surface area contributed by atoms with Crippen LogP contribution in [0.1, 0.15) is 39.2 Å². The molecule has 0 saturated heterocycles. The number of carbonyl (C=O) groups excluding carboxylic acids is 1. The van der Waals surface area contributed by atoms with Crippen LogP contribution >= 0.6 is 0 Å². The van der Waals surface area contributed by atoms with Crippen LogP contribution in [0.2, 0.25) is 0 Å². The van der Waals surface area contributed by atoms with Crippen molar-refractivity contribution in [3.63, 3.8) is 0 Å². The molecule has 1 aliphatic rings. The van der Waals surface area contributed by atoms with Crippen LogP contribution in [0.15, 0.2) is 30.3 Å². The van der Waals surface area contributed by atoms with Crippen LogP contribution in [0.3, 0.4) is 0 Å². The van der Waals surface area contributed by atoms with Gasteiger partial charge in [0.15, 0.2) is 0 Å². The van der Waals surface area contributed by atoms with Crippen LogP contribution in [-0.2, 0) is 16.1 Å². The van der Waals surface area contributed by atoms with Gasteiger partial charge < -0.3 is 14.8 Å². The van der Waals surface area contributed by atoms with Gasteiger partial charge in [-0.25, -0.2) is 9.18 Å². The van der Waals surface area contributed by atoms with Gasteiger partial charge in [-0.15, -0.1) is 0 Å². The number of halogens is 1. The lowest BCUT2D eigenvalue weighted by Gasteiger charge is -2.22. The second-order valence-corrected chi connectivity index (χ2v) is 6.66. The van der Waals surface area contributed by atoms with Crippen molar-refractivity contribution in [3.05, 3.63) is 35.9 Å². The van der Waals surface area contributed by atoms with Crippen molar-refractivity contribution < 1.29 is 18.7 Å². The number of alkyl carbamates (subject to hydrolysis) is 1. The summed E-state index contributed by atoms with van der Waals surface area (Å²) in [5.74, 6) is 0. The first-order valence-corrected chi connectivity index (χ1v) is 7.62. The molecule has 5 heteroatoms. The number of hydrogen-bond acceptors (Lipinski definition) is 3. The molecular formula is C17H24FNO3. The Morgan fingerprint density at radius 2 is 1.95 bits per heavy atom. The maximum Gasteiger partial charge on any atom is 0.407 e. The summed E-state index contributed by atoms with van der Waals surface area (Å²) in [6.45, 7) is 5.79. The topological polar surface area (TPSA) is 47.6 Å². The molecule has 1 amide bonds. The fourth-order valence-electron chi connectivity index (χ4n) is 2.48. The van der Waals surface area contributed by atoms with Gasteiger partial charge in [-0.2, -0.15) is 0 Å². The maximum absolute atomic E-state index is 14.0. The van der Waals surface area contributed by atoms with Crippen LogP contribution in [0.4, 0.5) is 9.18 Å². The van der Waals surface area contributed by atoms with Crippen LogP contribution < -0.4 is 5.32 Å². The van der Waals surface area contributed by atoms with Crippen LogP contribution in [0.5, 0.6) is 0 Å². The second-order valence-electron chi connectivity index (χ2n) is 6.66. The minimum Gasteiger partial charge on any atom is -0.444 e. The van der Waals surface area contributed by atoms with E-state index in [2.05, 4.69) is 5.32 Å². The predicted octanol–water partition coefficient (Wildman–Crippen LogP) is 3.60. The summed E-state index contributed by atoms with van der Waals surface area (Å²) < 4.78 is 24.9. The predicted molar refractivity (Wildman–Crippen MR) is 82.3 cm³/mol. The normalized spacial score (nSPS) is 25.0. The summed E-state index contributed by atoms with van der Waals surface area (Å²) in [5.41, 5.74) is 0.471. The Labute approximate surface area is 131 Å². The van der Waals surface area contributed by atoms with E-state index >= 15 is 0 Å². The Hall–Kier alpha value is -1.62. The Morgan fingerprint density at radius 3 is 2.59 bits per heavy atom. The molecule has 0 aromatic heterocycles. The Morgan fingerprint density at radius 1 is 1.27 bits per heavy atom. The van der Waals surface area contributed by atoms with E-state index in [9.17, 15) is 9.18 Å². The van der Waals surface area contributed by atoms with E-state index in [1.807, 2.05) is 30.3 Å². The van der Waals surface area contributed by atoms with Gasteiger partial charge in [0.05, 0.1) is 18.8 Å². The maximum atomic E-state index is 14.0. The smallest absolute Gasteiger partial charge is 0.407 e. The third-order valence-electron chi connectivity index (χ3n) is 3.47. The average molecular weight is 309 g/mol. The number of amides is 1. The van der Waals surface area contributed by atoms with Gasteiger partial charge in [-0.05, 0) is 32.8 Å². The summed E-state index contributed by atoms with van der Waals surface area (Å²) in [7, 11) is 0. The summed E-state index contributed by atoms with van der Waals surface area (Å²) in [5, 5.41) is 2.60. The number of carbonyl (C=O) groups is 1. The summed E-state index contributed by atoms with van der Waals surface area (Å²) >= 11 is 0. The van der Waals surface area contributed by atoms with E-state index in [1.165, 1.54) is 0 Å². The zero-order chi connectivity index (χ0) is 16.2. The molecule has 0 aliphatic heterocycles. The van der Waals surface area contributed by atoms with Crippen molar-refractivity contribution in [2.45, 2.75) is 64.1 Å². The minimum atomic E-state index is -1.10. The molecule has 2 rings (SSSR count). The van der Waals surface area contributed by atoms with E-state index in [4.69, 9.17) is 9.47 Å². The molecule has 1 aromatic rings. The molecule has 1 N–H and O–H groups in total. The summed E-state index contributed by atoms with van der Waals surface area (Å²) in [4.78, 5) is 11.7. The van der Waals surface area contributed by atoms with Crippen LogP contribution in [0, 0.1) is 0 Å². The first-order chi connectivity index (χ1) is 10.3. The first kappa shape index (κ1) is 16.7. The van der Waals surface area contributed by atoms with E-state index < -0.39 is 23.9 Å². The molecule has 4 nitrogen and oxygen atoms in total. The van der Waals surface area contributed by atoms with Gasteiger partial charge in [0.25, 0.3) is 0 Å². The largest absolute Gasteiger partial charge is 0.444 e. The van der Waals surface area contributed by atoms with Crippen LogP contribution in [-0.4, -0.2) is 30.0 Å². The fraction of sp³-hybridized carbons (Fsp3) is 0.588. The van der Waals surface area contributed by atoms with Gasteiger partial charge in [-0.3, -0.25) is 0 Å². The zero-order valence-corrected chi connectivity index (χ0v) is 13.3. The molecular weight excluding hydrogens is 285 g/mol. The molecule has 1 saturated carbocycles. The van der Waals surface area contributed by atoms with E-state index in [0.29, 0.717) is 19.4 Å². The summed E-state index contributed by atoms with van der Waals surface area (Å²) in [6, 6.07) is 9.22. The zero-order valence-electron chi connectivity index (χ0n) is 13.3. The molecule has 0 radical (unpaired) electrons. The number of ether oxygens (including phenoxy) is 2. The highest BCUT2D eigenvalue weighted by atomic mass is 19.1. The molecule has 1 fully saturated rings. The molecule has 3 atom stereocenters. The fourth-order valence-corrected chi connectivity index (χ4v) is 2.48. The van der Waals surface area contributed by atoms with E-state index in [1.54, 1.807) is 20.8 Å². The lowest BCUT2D eigenvalue weighted by molar-refractivity contribution is 0.0393. The lowest BCUT2D eigenvalue weighted by atomic mass is 10.2. The van der Waals surface area contributed by atoms with Crippen molar-refractivity contribution in [2.75, 3.05) is 0 Å². The van der Waals surface area contributed by atoms with E-state index in [-0.39, 0.29) is 6.10 Å². The highest BCUT2D eigenvalue weighted by molar-refractivity contribution is 5.68. The number of benzene rings is 1. The highest BCUT2D eigenvalue weighted by Gasteiger charge is 2.36. The molecule has 122 valence electrons. The van der Waals surface area contributed by atoms with Gasteiger partial charge in [-0.1, -0.05) is 30.3 Å². The average Bonchev–Trinajstić information content (AvgIpc) is 2.76. The Balaban J connectivity index is 1.78. The monoisotopic (exact) mass is 309 g/mol. The van der Waals surface area contributed by atoms with Crippen molar-refractivity contribution in [3.8, 4) is 0 Å². The minimum absolute atomic E-state index is 0.185. The Bertz CT molecular complexity index is 486. The molecule has 0 bridgehead atoms. The first-order valence-electron chi connectivity index (χ1n) is 7.62. The summed E-state index contributed by atoms with van der Waals surface area (Å²) in [6.07, 6.45) is -1.10. The number of rotatable bonds is 4. The number of hydrogen-bond donors (Lipinski definition) is 1. The Kier molecular flexibility index (Phi) is 5.40. The van der Waals surface area contributed by atoms with Crippen molar-refractivity contribution in [2.24, 2.45) is 0 Å². The van der Waals surface area contributed by atoms with Crippen LogP contribution in [0.25, 0.3) is 0 Å². The number of alkyl halides is 1. The van der Waals surface area contributed by atoms with Crippen molar-refractivity contribution >= 4 is 6.09 Å². The highest BCUT2D eigenvalue weighted by Crippen LogP contribution is 2.26. The van der Waals surface area contributed by atoms with Crippen molar-refractivity contribution in [1.82, 2.24) is 5.32 Å². The van der Waals surface area contributed by atoms with Gasteiger partial charge in [0.2, 0.25) is 0 Å².